The molecular weight excluding hydrogens is 268 g/mol. The Labute approximate surface area is 114 Å². The Morgan fingerprint density at radius 1 is 1.16 bits per heavy atom. The molecule has 2 nitrogen and oxygen atoms in total. The van der Waals surface area contributed by atoms with Gasteiger partial charge >= 0.3 is 0 Å². The lowest BCUT2D eigenvalue weighted by Gasteiger charge is -2.08. The maximum atomic E-state index is 13.3. The zero-order valence-electron chi connectivity index (χ0n) is 10.3. The standard InChI is InChI=1S/C14H13F2NOS/c1-18-14-5-2-10(15)6-9(14)8-19-11-3-4-13(17)12(16)7-11/h2-7H,8,17H2,1H3. The van der Waals surface area contributed by atoms with Crippen molar-refractivity contribution in [2.75, 3.05) is 12.8 Å². The molecular formula is C14H13F2NOS. The van der Waals surface area contributed by atoms with Crippen LogP contribution in [-0.4, -0.2) is 7.11 Å². The van der Waals surface area contributed by atoms with Crippen LogP contribution in [0.2, 0.25) is 0 Å². The van der Waals surface area contributed by atoms with E-state index in [1.54, 1.807) is 12.1 Å². The molecule has 0 amide bonds. The van der Waals surface area contributed by atoms with Gasteiger partial charge in [0.15, 0.2) is 0 Å². The second-order valence-corrected chi connectivity index (χ2v) is 4.98. The van der Waals surface area contributed by atoms with E-state index in [1.165, 1.54) is 43.1 Å². The minimum atomic E-state index is -0.448. The summed E-state index contributed by atoms with van der Waals surface area (Å²) in [4.78, 5) is 0.734. The van der Waals surface area contributed by atoms with Crippen molar-refractivity contribution in [3.8, 4) is 5.75 Å². The summed E-state index contributed by atoms with van der Waals surface area (Å²) in [6.07, 6.45) is 0. The predicted octanol–water partition coefficient (Wildman–Crippen LogP) is 3.85. The first kappa shape index (κ1) is 13.7. The highest BCUT2D eigenvalue weighted by Crippen LogP contribution is 2.29. The average Bonchev–Trinajstić information content (AvgIpc) is 2.40. The van der Waals surface area contributed by atoms with Gasteiger partial charge in [-0.05, 0) is 36.4 Å². The van der Waals surface area contributed by atoms with Crippen molar-refractivity contribution in [3.05, 3.63) is 53.6 Å². The van der Waals surface area contributed by atoms with Crippen molar-refractivity contribution in [1.82, 2.24) is 0 Å². The quantitative estimate of drug-likeness (QED) is 0.683. The summed E-state index contributed by atoms with van der Waals surface area (Å²) in [7, 11) is 1.53. The second-order valence-electron chi connectivity index (χ2n) is 3.93. The highest BCUT2D eigenvalue weighted by molar-refractivity contribution is 7.98. The Balaban J connectivity index is 2.13. The molecule has 0 aliphatic carbocycles. The number of methoxy groups -OCH3 is 1. The fraction of sp³-hybridized carbons (Fsp3) is 0.143. The maximum Gasteiger partial charge on any atom is 0.147 e. The predicted molar refractivity (Wildman–Crippen MR) is 73.3 cm³/mol. The molecule has 0 bridgehead atoms. The van der Waals surface area contributed by atoms with Crippen LogP contribution in [0, 0.1) is 11.6 Å². The SMILES string of the molecule is COc1ccc(F)cc1CSc1ccc(N)c(F)c1. The molecule has 5 heteroatoms. The molecule has 2 rings (SSSR count). The molecule has 2 N–H and O–H groups in total. The number of benzene rings is 2. The summed E-state index contributed by atoms with van der Waals surface area (Å²) >= 11 is 1.39. The molecule has 0 aliphatic heterocycles. The van der Waals surface area contributed by atoms with E-state index in [2.05, 4.69) is 0 Å². The van der Waals surface area contributed by atoms with Crippen LogP contribution >= 0.6 is 11.8 Å². The molecule has 0 fully saturated rings. The van der Waals surface area contributed by atoms with Crippen molar-refractivity contribution in [2.24, 2.45) is 0 Å². The number of nitrogen functional groups attached to an aromatic ring is 1. The van der Waals surface area contributed by atoms with Crippen molar-refractivity contribution >= 4 is 17.4 Å². The molecule has 2 aromatic carbocycles. The molecule has 0 aliphatic rings. The van der Waals surface area contributed by atoms with Crippen LogP contribution in [0.5, 0.6) is 5.75 Å². The number of ether oxygens (including phenoxy) is 1. The lowest BCUT2D eigenvalue weighted by Crippen LogP contribution is -1.92. The molecule has 0 unspecified atom stereocenters. The van der Waals surface area contributed by atoms with Gasteiger partial charge in [-0.3, -0.25) is 0 Å². The van der Waals surface area contributed by atoms with E-state index in [-0.39, 0.29) is 11.5 Å². The minimum absolute atomic E-state index is 0.118. The first-order valence-electron chi connectivity index (χ1n) is 5.60. The molecule has 0 saturated heterocycles. The highest BCUT2D eigenvalue weighted by Gasteiger charge is 2.06. The third-order valence-corrected chi connectivity index (χ3v) is 3.65. The van der Waals surface area contributed by atoms with Gasteiger partial charge < -0.3 is 10.5 Å². The first-order chi connectivity index (χ1) is 9.10. The lowest BCUT2D eigenvalue weighted by molar-refractivity contribution is 0.410. The molecule has 0 radical (unpaired) electrons. The van der Waals surface area contributed by atoms with Gasteiger partial charge in [0.1, 0.15) is 17.4 Å². The van der Waals surface area contributed by atoms with Crippen molar-refractivity contribution < 1.29 is 13.5 Å². The molecule has 0 heterocycles. The van der Waals surface area contributed by atoms with Gasteiger partial charge in [-0.1, -0.05) is 0 Å². The summed E-state index contributed by atoms with van der Waals surface area (Å²) < 4.78 is 31.6. The Morgan fingerprint density at radius 2 is 1.95 bits per heavy atom. The number of nitrogens with two attached hydrogens (primary N) is 1. The van der Waals surface area contributed by atoms with Gasteiger partial charge in [-0.15, -0.1) is 11.8 Å². The largest absolute Gasteiger partial charge is 0.496 e. The fourth-order valence-corrected chi connectivity index (χ4v) is 2.52. The normalized spacial score (nSPS) is 10.5. The molecule has 19 heavy (non-hydrogen) atoms. The monoisotopic (exact) mass is 281 g/mol. The molecule has 0 atom stereocenters. The van der Waals surface area contributed by atoms with Crippen molar-refractivity contribution in [2.45, 2.75) is 10.6 Å². The highest BCUT2D eigenvalue weighted by atomic mass is 32.2. The topological polar surface area (TPSA) is 35.2 Å². The molecule has 0 aromatic heterocycles. The second kappa shape index (κ2) is 5.93. The third-order valence-electron chi connectivity index (χ3n) is 2.61. The number of anilines is 1. The molecule has 0 spiro atoms. The van der Waals surface area contributed by atoms with Crippen LogP contribution in [0.1, 0.15) is 5.56 Å². The zero-order valence-corrected chi connectivity index (χ0v) is 11.1. The van der Waals surface area contributed by atoms with E-state index in [0.717, 1.165) is 10.5 Å². The van der Waals surface area contributed by atoms with Crippen molar-refractivity contribution in [3.63, 3.8) is 0 Å². The van der Waals surface area contributed by atoms with Crippen molar-refractivity contribution in [1.29, 1.82) is 0 Å². The number of hydrogen-bond acceptors (Lipinski definition) is 3. The Bertz CT molecular complexity index is 590. The zero-order chi connectivity index (χ0) is 13.8. The Hall–Kier alpha value is -1.75. The van der Waals surface area contributed by atoms with Crippen LogP contribution in [0.25, 0.3) is 0 Å². The van der Waals surface area contributed by atoms with Gasteiger partial charge in [0.05, 0.1) is 12.8 Å². The van der Waals surface area contributed by atoms with Gasteiger partial charge in [0.2, 0.25) is 0 Å². The van der Waals surface area contributed by atoms with E-state index in [0.29, 0.717) is 11.5 Å². The van der Waals surface area contributed by atoms with E-state index < -0.39 is 5.82 Å². The Morgan fingerprint density at radius 3 is 2.63 bits per heavy atom. The fourth-order valence-electron chi connectivity index (χ4n) is 1.62. The number of rotatable bonds is 4. The molecule has 100 valence electrons. The van der Waals surface area contributed by atoms with Crippen LogP contribution in [0.15, 0.2) is 41.3 Å². The summed E-state index contributed by atoms with van der Waals surface area (Å²) in [6, 6.07) is 8.95. The van der Waals surface area contributed by atoms with E-state index >= 15 is 0 Å². The Kier molecular flexibility index (Phi) is 4.27. The summed E-state index contributed by atoms with van der Waals surface area (Å²) in [6.45, 7) is 0. The number of hydrogen-bond donors (Lipinski definition) is 1. The maximum absolute atomic E-state index is 13.3. The van der Waals surface area contributed by atoms with Crippen LogP contribution in [-0.2, 0) is 5.75 Å². The minimum Gasteiger partial charge on any atom is -0.496 e. The van der Waals surface area contributed by atoms with Crippen LogP contribution in [0.4, 0.5) is 14.5 Å². The molecule has 0 saturated carbocycles. The van der Waals surface area contributed by atoms with Crippen LogP contribution < -0.4 is 10.5 Å². The van der Waals surface area contributed by atoms with Gasteiger partial charge in [0.25, 0.3) is 0 Å². The van der Waals surface area contributed by atoms with Gasteiger partial charge in [-0.2, -0.15) is 0 Å². The summed E-state index contributed by atoms with van der Waals surface area (Å²) in [5.74, 6) is 0.338. The lowest BCUT2D eigenvalue weighted by atomic mass is 10.2. The number of halogens is 2. The van der Waals surface area contributed by atoms with E-state index in [4.69, 9.17) is 10.5 Å². The van der Waals surface area contributed by atoms with Gasteiger partial charge in [0, 0.05) is 16.2 Å². The third kappa shape index (κ3) is 3.38. The average molecular weight is 281 g/mol. The van der Waals surface area contributed by atoms with E-state index in [1.807, 2.05) is 0 Å². The number of thioether (sulfide) groups is 1. The first-order valence-corrected chi connectivity index (χ1v) is 6.59. The van der Waals surface area contributed by atoms with Crippen LogP contribution in [0.3, 0.4) is 0 Å². The van der Waals surface area contributed by atoms with E-state index in [9.17, 15) is 8.78 Å². The summed E-state index contributed by atoms with van der Waals surface area (Å²) in [5, 5.41) is 0. The smallest absolute Gasteiger partial charge is 0.147 e. The molecule has 2 aromatic rings. The van der Waals surface area contributed by atoms with Gasteiger partial charge in [-0.25, -0.2) is 8.78 Å². The summed E-state index contributed by atoms with van der Waals surface area (Å²) in [5.41, 5.74) is 6.25.